The molecule has 0 radical (unpaired) electrons. The zero-order valence-electron chi connectivity index (χ0n) is 9.74. The van der Waals surface area contributed by atoms with Crippen LogP contribution in [-0.2, 0) is 0 Å². The molecule has 1 unspecified atom stereocenters. The minimum absolute atomic E-state index is 0.275. The first-order valence-electron chi connectivity index (χ1n) is 5.34. The van der Waals surface area contributed by atoms with Crippen LogP contribution in [-0.4, -0.2) is 7.11 Å². The van der Waals surface area contributed by atoms with Crippen molar-refractivity contribution in [1.82, 2.24) is 0 Å². The fourth-order valence-electron chi connectivity index (χ4n) is 1.64. The molecule has 1 atom stereocenters. The largest absolute Gasteiger partial charge is 0.497 e. The molecule has 2 aromatic rings. The van der Waals surface area contributed by atoms with Gasteiger partial charge in [0.05, 0.1) is 13.2 Å². The summed E-state index contributed by atoms with van der Waals surface area (Å²) in [7, 11) is 1.68. The monoisotopic (exact) mass is 311 g/mol. The van der Waals surface area contributed by atoms with Gasteiger partial charge in [-0.1, -0.05) is 6.07 Å². The summed E-state index contributed by atoms with van der Waals surface area (Å²) >= 11 is 5.30. The van der Waals surface area contributed by atoms with Crippen molar-refractivity contribution < 1.29 is 4.74 Å². The predicted octanol–water partition coefficient (Wildman–Crippen LogP) is 4.69. The quantitative estimate of drug-likeness (QED) is 0.884. The summed E-state index contributed by atoms with van der Waals surface area (Å²) < 4.78 is 6.36. The molecule has 0 saturated heterocycles. The van der Waals surface area contributed by atoms with Crippen LogP contribution in [0.15, 0.2) is 40.2 Å². The zero-order valence-corrected chi connectivity index (χ0v) is 12.1. The highest BCUT2D eigenvalue weighted by Gasteiger charge is 2.10. The Kier molecular flexibility index (Phi) is 4.07. The van der Waals surface area contributed by atoms with Gasteiger partial charge in [0, 0.05) is 21.1 Å². The fraction of sp³-hybridized carbons (Fsp3) is 0.231. The van der Waals surface area contributed by atoms with Gasteiger partial charge in [0.1, 0.15) is 5.75 Å². The molecule has 0 fully saturated rings. The van der Waals surface area contributed by atoms with Crippen molar-refractivity contribution in [3.05, 3.63) is 45.1 Å². The van der Waals surface area contributed by atoms with Crippen LogP contribution < -0.4 is 10.1 Å². The number of ether oxygens (including phenoxy) is 1. The highest BCUT2D eigenvalue weighted by atomic mass is 79.9. The number of methoxy groups -OCH3 is 1. The number of anilines is 1. The second-order valence-electron chi connectivity index (χ2n) is 3.73. The third kappa shape index (κ3) is 3.01. The average molecular weight is 312 g/mol. The van der Waals surface area contributed by atoms with Crippen molar-refractivity contribution in [3.63, 3.8) is 0 Å². The van der Waals surface area contributed by atoms with Crippen LogP contribution in [0.3, 0.4) is 0 Å². The SMILES string of the molecule is COc1cccc(NC(C)c2sccc2Br)c1. The molecule has 2 nitrogen and oxygen atoms in total. The van der Waals surface area contributed by atoms with Crippen molar-refractivity contribution in [3.8, 4) is 5.75 Å². The lowest BCUT2D eigenvalue weighted by Crippen LogP contribution is -2.05. The maximum Gasteiger partial charge on any atom is 0.120 e. The number of thiophene rings is 1. The highest BCUT2D eigenvalue weighted by Crippen LogP contribution is 2.31. The smallest absolute Gasteiger partial charge is 0.120 e. The van der Waals surface area contributed by atoms with E-state index < -0.39 is 0 Å². The normalized spacial score (nSPS) is 12.2. The Morgan fingerprint density at radius 1 is 1.35 bits per heavy atom. The van der Waals surface area contributed by atoms with Crippen LogP contribution in [0.25, 0.3) is 0 Å². The van der Waals surface area contributed by atoms with Gasteiger partial charge in [-0.2, -0.15) is 0 Å². The van der Waals surface area contributed by atoms with E-state index >= 15 is 0 Å². The number of hydrogen-bond donors (Lipinski definition) is 1. The third-order valence-corrected chi connectivity index (χ3v) is 4.54. The van der Waals surface area contributed by atoms with E-state index in [0.29, 0.717) is 0 Å². The average Bonchev–Trinajstić information content (AvgIpc) is 2.76. The van der Waals surface area contributed by atoms with Gasteiger partial charge < -0.3 is 10.1 Å². The molecular formula is C13H14BrNOS. The second-order valence-corrected chi connectivity index (χ2v) is 5.53. The summed E-state index contributed by atoms with van der Waals surface area (Å²) in [5.41, 5.74) is 1.07. The molecule has 0 aliphatic heterocycles. The molecule has 0 aliphatic carbocycles. The van der Waals surface area contributed by atoms with E-state index in [9.17, 15) is 0 Å². The molecule has 0 spiro atoms. The topological polar surface area (TPSA) is 21.3 Å². The molecule has 1 heterocycles. The minimum Gasteiger partial charge on any atom is -0.497 e. The van der Waals surface area contributed by atoms with Gasteiger partial charge in [0.25, 0.3) is 0 Å². The van der Waals surface area contributed by atoms with Crippen LogP contribution in [0.1, 0.15) is 17.8 Å². The van der Waals surface area contributed by atoms with Crippen LogP contribution >= 0.6 is 27.3 Å². The maximum atomic E-state index is 5.20. The van der Waals surface area contributed by atoms with Gasteiger partial charge in [0.2, 0.25) is 0 Å². The summed E-state index contributed by atoms with van der Waals surface area (Å²) in [6, 6.07) is 10.3. The Balaban J connectivity index is 2.13. The minimum atomic E-state index is 0.275. The lowest BCUT2D eigenvalue weighted by molar-refractivity contribution is 0.415. The molecule has 1 aromatic carbocycles. The summed E-state index contributed by atoms with van der Waals surface area (Å²) in [6.07, 6.45) is 0. The van der Waals surface area contributed by atoms with E-state index in [1.807, 2.05) is 24.3 Å². The van der Waals surface area contributed by atoms with Gasteiger partial charge in [-0.05, 0) is 46.4 Å². The van der Waals surface area contributed by atoms with E-state index in [1.165, 1.54) is 4.88 Å². The molecule has 2 rings (SSSR count). The maximum absolute atomic E-state index is 5.20. The number of rotatable bonds is 4. The van der Waals surface area contributed by atoms with Gasteiger partial charge in [-0.25, -0.2) is 0 Å². The van der Waals surface area contributed by atoms with E-state index in [1.54, 1.807) is 18.4 Å². The predicted molar refractivity (Wildman–Crippen MR) is 77.1 cm³/mol. The van der Waals surface area contributed by atoms with Crippen LogP contribution in [0.5, 0.6) is 5.75 Å². The van der Waals surface area contributed by atoms with Crippen molar-refractivity contribution in [2.45, 2.75) is 13.0 Å². The fourth-order valence-corrected chi connectivity index (χ4v) is 3.37. The van der Waals surface area contributed by atoms with Gasteiger partial charge in [-0.15, -0.1) is 11.3 Å². The van der Waals surface area contributed by atoms with E-state index in [0.717, 1.165) is 15.9 Å². The lowest BCUT2D eigenvalue weighted by atomic mass is 10.2. The van der Waals surface area contributed by atoms with E-state index in [4.69, 9.17) is 4.74 Å². The molecule has 4 heteroatoms. The van der Waals surface area contributed by atoms with Crippen LogP contribution in [0, 0.1) is 0 Å². The molecule has 0 amide bonds. The Morgan fingerprint density at radius 3 is 2.82 bits per heavy atom. The van der Waals surface area contributed by atoms with Crippen LogP contribution in [0.2, 0.25) is 0 Å². The van der Waals surface area contributed by atoms with Crippen molar-refractivity contribution in [1.29, 1.82) is 0 Å². The van der Waals surface area contributed by atoms with Crippen LogP contribution in [0.4, 0.5) is 5.69 Å². The van der Waals surface area contributed by atoms with Crippen molar-refractivity contribution in [2.75, 3.05) is 12.4 Å². The molecule has 17 heavy (non-hydrogen) atoms. The summed E-state index contributed by atoms with van der Waals surface area (Å²) in [5.74, 6) is 0.868. The Hall–Kier alpha value is -1.00. The molecule has 0 bridgehead atoms. The molecule has 1 N–H and O–H groups in total. The summed E-state index contributed by atoms with van der Waals surface area (Å²) in [4.78, 5) is 1.30. The van der Waals surface area contributed by atoms with Gasteiger partial charge in [-0.3, -0.25) is 0 Å². The zero-order chi connectivity index (χ0) is 12.3. The first-order chi connectivity index (χ1) is 8.20. The van der Waals surface area contributed by atoms with E-state index in [-0.39, 0.29) is 6.04 Å². The first-order valence-corrected chi connectivity index (χ1v) is 7.01. The Bertz CT molecular complexity index is 498. The Morgan fingerprint density at radius 2 is 2.18 bits per heavy atom. The molecule has 90 valence electrons. The molecule has 0 aliphatic rings. The lowest BCUT2D eigenvalue weighted by Gasteiger charge is -2.15. The summed E-state index contributed by atoms with van der Waals surface area (Å²) in [5, 5.41) is 5.55. The number of benzene rings is 1. The first kappa shape index (κ1) is 12.5. The third-order valence-electron chi connectivity index (χ3n) is 2.49. The number of nitrogens with one attached hydrogen (secondary N) is 1. The molecule has 0 saturated carbocycles. The van der Waals surface area contributed by atoms with E-state index in [2.05, 4.69) is 39.6 Å². The number of halogens is 1. The summed E-state index contributed by atoms with van der Waals surface area (Å²) in [6.45, 7) is 2.15. The standard InChI is InChI=1S/C13H14BrNOS/c1-9(13-12(14)6-7-17-13)15-10-4-3-5-11(8-10)16-2/h3-9,15H,1-2H3. The molecule has 1 aromatic heterocycles. The van der Waals surface area contributed by atoms with Gasteiger partial charge >= 0.3 is 0 Å². The second kappa shape index (κ2) is 5.56. The van der Waals surface area contributed by atoms with Crippen molar-refractivity contribution >= 4 is 33.0 Å². The number of hydrogen-bond acceptors (Lipinski definition) is 3. The Labute approximate surface area is 114 Å². The van der Waals surface area contributed by atoms with Gasteiger partial charge in [0.15, 0.2) is 0 Å². The molecular weight excluding hydrogens is 298 g/mol. The highest BCUT2D eigenvalue weighted by molar-refractivity contribution is 9.10. The van der Waals surface area contributed by atoms with Crippen molar-refractivity contribution in [2.24, 2.45) is 0 Å².